The minimum atomic E-state index is -0.438. The van der Waals surface area contributed by atoms with Gasteiger partial charge in [0.05, 0.1) is 5.56 Å². The van der Waals surface area contributed by atoms with Crippen molar-refractivity contribution in [2.24, 2.45) is 0 Å². The number of carbonyl (C=O) groups is 2. The van der Waals surface area contributed by atoms with Crippen molar-refractivity contribution in [1.29, 1.82) is 0 Å². The third-order valence-electron chi connectivity index (χ3n) is 4.46. The molecule has 1 aliphatic rings. The number of carbonyl (C=O) groups excluding carboxylic acids is 2. The maximum Gasteiger partial charge on any atom is 0.343 e. The molecule has 144 valence electrons. The fraction of sp³-hybridized carbons (Fsp3) is 0.0833. The Morgan fingerprint density at radius 1 is 0.862 bits per heavy atom. The molecule has 0 saturated carbocycles. The number of benzene rings is 3. The lowest BCUT2D eigenvalue weighted by atomic mass is 10.1. The van der Waals surface area contributed by atoms with Gasteiger partial charge in [-0.05, 0) is 67.1 Å². The normalized spacial score (nSPS) is 12.2. The van der Waals surface area contributed by atoms with E-state index >= 15 is 0 Å². The summed E-state index contributed by atoms with van der Waals surface area (Å²) in [5.41, 5.74) is 2.88. The van der Waals surface area contributed by atoms with Crippen LogP contribution in [0.5, 0.6) is 17.2 Å². The number of hydrogen-bond donors (Lipinski definition) is 0. The van der Waals surface area contributed by atoms with Gasteiger partial charge in [0.1, 0.15) is 5.75 Å². The number of aryl methyl sites for hydroxylation is 1. The van der Waals surface area contributed by atoms with Crippen LogP contribution >= 0.6 is 0 Å². The Labute approximate surface area is 168 Å². The summed E-state index contributed by atoms with van der Waals surface area (Å²) < 4.78 is 16.0. The zero-order chi connectivity index (χ0) is 20.2. The molecule has 29 heavy (non-hydrogen) atoms. The molecule has 0 amide bonds. The minimum Gasteiger partial charge on any atom is -0.454 e. The molecular formula is C24H18O5. The molecule has 3 aromatic rings. The Morgan fingerprint density at radius 2 is 1.55 bits per heavy atom. The summed E-state index contributed by atoms with van der Waals surface area (Å²) in [5.74, 6) is 1.15. The molecule has 1 heterocycles. The number of allylic oxidation sites excluding steroid dienone is 1. The average molecular weight is 386 g/mol. The van der Waals surface area contributed by atoms with E-state index in [0.29, 0.717) is 28.4 Å². The first kappa shape index (κ1) is 18.5. The fourth-order valence-corrected chi connectivity index (χ4v) is 2.83. The predicted octanol–water partition coefficient (Wildman–Crippen LogP) is 4.84. The van der Waals surface area contributed by atoms with E-state index in [1.54, 1.807) is 42.5 Å². The molecular weight excluding hydrogens is 368 g/mol. The summed E-state index contributed by atoms with van der Waals surface area (Å²) >= 11 is 0. The Balaban J connectivity index is 1.40. The van der Waals surface area contributed by atoms with Gasteiger partial charge in [0.25, 0.3) is 0 Å². The summed E-state index contributed by atoms with van der Waals surface area (Å²) in [5, 5.41) is 0. The zero-order valence-corrected chi connectivity index (χ0v) is 15.8. The number of esters is 1. The van der Waals surface area contributed by atoms with Gasteiger partial charge >= 0.3 is 5.97 Å². The zero-order valence-electron chi connectivity index (χ0n) is 15.8. The van der Waals surface area contributed by atoms with Crippen LogP contribution in [-0.4, -0.2) is 18.5 Å². The molecule has 4 rings (SSSR count). The van der Waals surface area contributed by atoms with Crippen molar-refractivity contribution in [3.05, 3.63) is 95.1 Å². The third-order valence-corrected chi connectivity index (χ3v) is 4.46. The first-order chi connectivity index (χ1) is 14.1. The maximum atomic E-state index is 12.4. The van der Waals surface area contributed by atoms with Crippen LogP contribution in [0.1, 0.15) is 31.8 Å². The van der Waals surface area contributed by atoms with Crippen LogP contribution < -0.4 is 14.2 Å². The number of hydrogen-bond acceptors (Lipinski definition) is 5. The van der Waals surface area contributed by atoms with E-state index in [4.69, 9.17) is 14.2 Å². The van der Waals surface area contributed by atoms with Gasteiger partial charge in [-0.15, -0.1) is 0 Å². The van der Waals surface area contributed by atoms with Crippen LogP contribution in [0.2, 0.25) is 0 Å². The second kappa shape index (κ2) is 8.02. The van der Waals surface area contributed by atoms with Crippen molar-refractivity contribution in [3.8, 4) is 17.2 Å². The lowest BCUT2D eigenvalue weighted by molar-refractivity contribution is 0.0734. The molecule has 0 spiro atoms. The van der Waals surface area contributed by atoms with Gasteiger partial charge in [-0.1, -0.05) is 29.8 Å². The Kier molecular flexibility index (Phi) is 5.12. The van der Waals surface area contributed by atoms with Crippen molar-refractivity contribution < 1.29 is 23.8 Å². The highest BCUT2D eigenvalue weighted by Gasteiger charge is 2.13. The van der Waals surface area contributed by atoms with E-state index in [1.165, 1.54) is 6.08 Å². The summed E-state index contributed by atoms with van der Waals surface area (Å²) in [4.78, 5) is 24.6. The van der Waals surface area contributed by atoms with Crippen LogP contribution in [0.15, 0.2) is 72.8 Å². The molecule has 0 fully saturated rings. The van der Waals surface area contributed by atoms with E-state index in [2.05, 4.69) is 0 Å². The van der Waals surface area contributed by atoms with Crippen LogP contribution in [0.3, 0.4) is 0 Å². The lowest BCUT2D eigenvalue weighted by Gasteiger charge is -2.05. The highest BCUT2D eigenvalue weighted by Crippen LogP contribution is 2.32. The van der Waals surface area contributed by atoms with Gasteiger partial charge < -0.3 is 14.2 Å². The Morgan fingerprint density at radius 3 is 2.31 bits per heavy atom. The van der Waals surface area contributed by atoms with Crippen molar-refractivity contribution in [2.45, 2.75) is 6.92 Å². The second-order valence-corrected chi connectivity index (χ2v) is 6.59. The molecule has 3 aromatic carbocycles. The van der Waals surface area contributed by atoms with Crippen molar-refractivity contribution in [1.82, 2.24) is 0 Å². The largest absolute Gasteiger partial charge is 0.454 e. The molecule has 0 aromatic heterocycles. The number of ether oxygens (including phenoxy) is 3. The van der Waals surface area contributed by atoms with E-state index in [9.17, 15) is 9.59 Å². The number of ketones is 1. The van der Waals surface area contributed by atoms with Crippen LogP contribution in [0, 0.1) is 6.92 Å². The fourth-order valence-electron chi connectivity index (χ4n) is 2.83. The standard InChI is InChI=1S/C24H18O5/c1-16-2-6-19(7-3-16)24(26)29-20-10-8-18(9-11-20)21(25)12-4-17-5-13-22-23(14-17)28-15-27-22/h2-14H,15H2,1H3. The molecule has 0 aliphatic carbocycles. The van der Waals surface area contributed by atoms with E-state index in [1.807, 2.05) is 37.3 Å². The smallest absolute Gasteiger partial charge is 0.343 e. The average Bonchev–Trinajstić information content (AvgIpc) is 3.21. The molecule has 1 aliphatic heterocycles. The van der Waals surface area contributed by atoms with Gasteiger partial charge in [0, 0.05) is 5.56 Å². The lowest BCUT2D eigenvalue weighted by Crippen LogP contribution is -2.08. The first-order valence-corrected chi connectivity index (χ1v) is 9.09. The third kappa shape index (κ3) is 4.35. The Hall–Kier alpha value is -3.86. The van der Waals surface area contributed by atoms with Gasteiger partial charge in [-0.25, -0.2) is 4.79 Å². The quantitative estimate of drug-likeness (QED) is 0.272. The van der Waals surface area contributed by atoms with Crippen LogP contribution in [0.4, 0.5) is 0 Å². The molecule has 5 nitrogen and oxygen atoms in total. The van der Waals surface area contributed by atoms with Crippen molar-refractivity contribution in [2.75, 3.05) is 6.79 Å². The van der Waals surface area contributed by atoms with Crippen molar-refractivity contribution >= 4 is 17.8 Å². The van der Waals surface area contributed by atoms with Crippen LogP contribution in [-0.2, 0) is 0 Å². The Bertz CT molecular complexity index is 1080. The summed E-state index contributed by atoms with van der Waals surface area (Å²) in [6, 6.07) is 19.1. The van der Waals surface area contributed by atoms with E-state index in [-0.39, 0.29) is 12.6 Å². The van der Waals surface area contributed by atoms with Gasteiger partial charge in [0.15, 0.2) is 17.3 Å². The molecule has 0 radical (unpaired) electrons. The number of rotatable bonds is 5. The first-order valence-electron chi connectivity index (χ1n) is 9.09. The molecule has 0 saturated heterocycles. The summed E-state index contributed by atoms with van der Waals surface area (Å²) in [6.45, 7) is 2.16. The minimum absolute atomic E-state index is 0.154. The topological polar surface area (TPSA) is 61.8 Å². The number of fused-ring (bicyclic) bond motifs is 1. The highest BCUT2D eigenvalue weighted by molar-refractivity contribution is 6.07. The monoisotopic (exact) mass is 386 g/mol. The van der Waals surface area contributed by atoms with E-state index in [0.717, 1.165) is 11.1 Å². The second-order valence-electron chi connectivity index (χ2n) is 6.59. The van der Waals surface area contributed by atoms with Gasteiger partial charge in [-0.3, -0.25) is 4.79 Å². The van der Waals surface area contributed by atoms with E-state index < -0.39 is 5.97 Å². The van der Waals surface area contributed by atoms with Gasteiger partial charge in [0.2, 0.25) is 6.79 Å². The SMILES string of the molecule is Cc1ccc(C(=O)Oc2ccc(C(=O)C=Cc3ccc4c(c3)OCO4)cc2)cc1. The highest BCUT2D eigenvalue weighted by atomic mass is 16.7. The molecule has 0 atom stereocenters. The summed E-state index contributed by atoms with van der Waals surface area (Å²) in [7, 11) is 0. The van der Waals surface area contributed by atoms with Crippen LogP contribution in [0.25, 0.3) is 6.08 Å². The molecule has 5 heteroatoms. The van der Waals surface area contributed by atoms with Gasteiger partial charge in [-0.2, -0.15) is 0 Å². The van der Waals surface area contributed by atoms with Crippen molar-refractivity contribution in [3.63, 3.8) is 0 Å². The molecule has 0 bridgehead atoms. The summed E-state index contributed by atoms with van der Waals surface area (Å²) in [6.07, 6.45) is 3.21. The predicted molar refractivity (Wildman–Crippen MR) is 109 cm³/mol. The molecule has 0 N–H and O–H groups in total. The molecule has 0 unspecified atom stereocenters. The maximum absolute atomic E-state index is 12.4.